The largest absolute Gasteiger partial charge is 0.369 e. The number of ether oxygens (including phenoxy) is 1. The van der Waals surface area contributed by atoms with Crippen molar-refractivity contribution in [3.05, 3.63) is 64.5 Å². The maximum atomic E-state index is 13.3. The van der Waals surface area contributed by atoms with Gasteiger partial charge in [-0.2, -0.15) is 0 Å². The Labute approximate surface area is 196 Å². The quantitative estimate of drug-likeness (QED) is 0.741. The maximum absolute atomic E-state index is 13.3. The van der Waals surface area contributed by atoms with Gasteiger partial charge < -0.3 is 19.9 Å². The second-order valence-corrected chi connectivity index (χ2v) is 9.59. The van der Waals surface area contributed by atoms with Crippen molar-refractivity contribution < 1.29 is 14.3 Å². The van der Waals surface area contributed by atoms with Gasteiger partial charge in [-0.15, -0.1) is 0 Å². The van der Waals surface area contributed by atoms with E-state index < -0.39 is 0 Å². The van der Waals surface area contributed by atoms with Gasteiger partial charge in [0.25, 0.3) is 5.91 Å². The third-order valence-electron chi connectivity index (χ3n) is 7.61. The Morgan fingerprint density at radius 2 is 2.09 bits per heavy atom. The molecule has 4 unspecified atom stereocenters. The zero-order valence-corrected chi connectivity index (χ0v) is 19.9. The molecule has 6 nitrogen and oxygen atoms in total. The van der Waals surface area contributed by atoms with Crippen LogP contribution in [0.4, 0.5) is 5.69 Å². The van der Waals surface area contributed by atoms with Gasteiger partial charge >= 0.3 is 0 Å². The predicted molar refractivity (Wildman–Crippen MR) is 128 cm³/mol. The minimum atomic E-state index is -0.275. The van der Waals surface area contributed by atoms with Gasteiger partial charge in [-0.05, 0) is 54.0 Å². The number of benzene rings is 1. The predicted octanol–water partition coefficient (Wildman–Crippen LogP) is 4.00. The minimum Gasteiger partial charge on any atom is -0.369 e. The molecule has 4 aliphatic rings. The number of allylic oxidation sites excluding steroid dienone is 3. The highest BCUT2D eigenvalue weighted by Gasteiger charge is 2.49. The Kier molecular flexibility index (Phi) is 5.65. The average Bonchev–Trinajstić information content (AvgIpc) is 3.07. The molecule has 6 heteroatoms. The van der Waals surface area contributed by atoms with Crippen LogP contribution in [-0.4, -0.2) is 43.0 Å². The van der Waals surface area contributed by atoms with Gasteiger partial charge in [0.05, 0.1) is 12.5 Å². The highest BCUT2D eigenvalue weighted by molar-refractivity contribution is 5.99. The Balaban J connectivity index is 1.39. The lowest BCUT2D eigenvalue weighted by atomic mass is 9.74. The van der Waals surface area contributed by atoms with E-state index in [0.29, 0.717) is 25.0 Å². The van der Waals surface area contributed by atoms with E-state index in [1.165, 1.54) is 0 Å². The van der Waals surface area contributed by atoms with E-state index in [2.05, 4.69) is 55.3 Å². The molecule has 2 aliphatic heterocycles. The van der Waals surface area contributed by atoms with E-state index in [-0.39, 0.29) is 23.8 Å². The van der Waals surface area contributed by atoms with E-state index in [1.807, 2.05) is 19.2 Å². The van der Waals surface area contributed by atoms with Crippen molar-refractivity contribution in [1.82, 2.24) is 10.2 Å². The summed E-state index contributed by atoms with van der Waals surface area (Å²) in [6.45, 7) is 8.42. The Morgan fingerprint density at radius 1 is 1.27 bits per heavy atom. The molecular formula is C27H33N3O3. The standard InChI is InChI=1S/C27H33N3O3/c1-5-17-7-9-19(13-16(17)3)28-26(31)23-21(6-2)24-25(23)33-12-11-30(24)20-10-8-18-15-29(4)27(32)22(18)14-20/h7-10,13-14,16-17,23,25H,5-6,11-12,15H2,1-4H3,(H,28,31). The normalized spacial score (nSPS) is 28.4. The maximum Gasteiger partial charge on any atom is 0.254 e. The molecule has 1 aromatic carbocycles. The number of fused-ring (bicyclic) bond motifs is 2. The minimum absolute atomic E-state index is 0.00579. The molecule has 4 atom stereocenters. The summed E-state index contributed by atoms with van der Waals surface area (Å²) < 4.78 is 6.10. The van der Waals surface area contributed by atoms with Crippen LogP contribution in [0.1, 0.15) is 49.5 Å². The fraction of sp³-hybridized carbons (Fsp3) is 0.481. The lowest BCUT2D eigenvalue weighted by molar-refractivity contribution is -0.129. The van der Waals surface area contributed by atoms with Crippen LogP contribution in [0.3, 0.4) is 0 Å². The van der Waals surface area contributed by atoms with Crippen molar-refractivity contribution >= 4 is 17.5 Å². The summed E-state index contributed by atoms with van der Waals surface area (Å²) in [4.78, 5) is 29.8. The van der Waals surface area contributed by atoms with Gasteiger partial charge in [0.1, 0.15) is 6.10 Å². The lowest BCUT2D eigenvalue weighted by Gasteiger charge is -2.49. The molecule has 1 fully saturated rings. The number of anilines is 1. The summed E-state index contributed by atoms with van der Waals surface area (Å²) >= 11 is 0. The molecular weight excluding hydrogens is 414 g/mol. The van der Waals surface area contributed by atoms with E-state index in [1.54, 1.807) is 4.90 Å². The highest BCUT2D eigenvalue weighted by Crippen LogP contribution is 2.45. The lowest BCUT2D eigenvalue weighted by Crippen LogP contribution is -2.56. The van der Waals surface area contributed by atoms with Crippen molar-refractivity contribution in [2.45, 2.75) is 46.3 Å². The molecule has 0 aromatic heterocycles. The molecule has 1 aromatic rings. The van der Waals surface area contributed by atoms with Crippen LogP contribution in [-0.2, 0) is 16.1 Å². The summed E-state index contributed by atoms with van der Waals surface area (Å²) in [5.41, 5.74) is 5.95. The zero-order valence-electron chi connectivity index (χ0n) is 19.9. The number of rotatable bonds is 5. The summed E-state index contributed by atoms with van der Waals surface area (Å²) in [6.07, 6.45) is 8.05. The number of nitrogens with zero attached hydrogens (tertiary/aromatic N) is 2. The summed E-state index contributed by atoms with van der Waals surface area (Å²) in [5, 5.41) is 3.14. The zero-order chi connectivity index (χ0) is 23.3. The van der Waals surface area contributed by atoms with Crippen LogP contribution in [0.5, 0.6) is 0 Å². The van der Waals surface area contributed by atoms with Crippen molar-refractivity contribution in [2.24, 2.45) is 17.8 Å². The molecule has 0 spiro atoms. The molecule has 0 saturated carbocycles. The third kappa shape index (κ3) is 3.61. The first-order valence-corrected chi connectivity index (χ1v) is 12.1. The molecule has 0 bridgehead atoms. The van der Waals surface area contributed by atoms with Crippen molar-refractivity contribution in [1.29, 1.82) is 0 Å². The van der Waals surface area contributed by atoms with Crippen LogP contribution in [0.15, 0.2) is 53.4 Å². The molecule has 2 heterocycles. The van der Waals surface area contributed by atoms with Crippen molar-refractivity contribution in [3.8, 4) is 0 Å². The Morgan fingerprint density at radius 3 is 2.82 bits per heavy atom. The monoisotopic (exact) mass is 447 g/mol. The Hall–Kier alpha value is -2.86. The number of amides is 2. The fourth-order valence-corrected chi connectivity index (χ4v) is 5.72. The number of morpholine rings is 1. The van der Waals surface area contributed by atoms with E-state index in [9.17, 15) is 9.59 Å². The SMILES string of the molecule is CCC1=C2C(OCCN2c2ccc3c(c2)C(=O)N(C)C3)C1C(=O)NC1=CC(C)C(CC)C=C1. The van der Waals surface area contributed by atoms with Crippen LogP contribution < -0.4 is 10.2 Å². The summed E-state index contributed by atoms with van der Waals surface area (Å²) in [7, 11) is 1.83. The smallest absolute Gasteiger partial charge is 0.254 e. The van der Waals surface area contributed by atoms with Crippen LogP contribution in [0, 0.1) is 17.8 Å². The second-order valence-electron chi connectivity index (χ2n) is 9.59. The van der Waals surface area contributed by atoms with E-state index >= 15 is 0 Å². The van der Waals surface area contributed by atoms with Gasteiger partial charge in [-0.25, -0.2) is 0 Å². The van der Waals surface area contributed by atoms with Gasteiger partial charge in [0, 0.05) is 42.8 Å². The fourth-order valence-electron chi connectivity index (χ4n) is 5.72. The molecule has 33 heavy (non-hydrogen) atoms. The number of carbonyl (C=O) groups excluding carboxylic acids is 2. The highest BCUT2D eigenvalue weighted by atomic mass is 16.5. The average molecular weight is 448 g/mol. The van der Waals surface area contributed by atoms with E-state index in [4.69, 9.17) is 4.74 Å². The molecule has 5 rings (SSSR count). The first-order chi connectivity index (χ1) is 15.9. The van der Waals surface area contributed by atoms with Crippen LogP contribution >= 0.6 is 0 Å². The topological polar surface area (TPSA) is 61.9 Å². The van der Waals surface area contributed by atoms with Gasteiger partial charge in [-0.1, -0.05) is 39.0 Å². The number of carbonyl (C=O) groups is 2. The molecule has 1 saturated heterocycles. The van der Waals surface area contributed by atoms with Gasteiger partial charge in [0.15, 0.2) is 0 Å². The summed E-state index contributed by atoms with van der Waals surface area (Å²) in [6, 6.07) is 6.14. The number of hydrogen-bond acceptors (Lipinski definition) is 4. The first kappa shape index (κ1) is 22.0. The van der Waals surface area contributed by atoms with Crippen LogP contribution in [0.25, 0.3) is 0 Å². The van der Waals surface area contributed by atoms with Gasteiger partial charge in [-0.3, -0.25) is 9.59 Å². The Bertz CT molecular complexity index is 1090. The third-order valence-corrected chi connectivity index (χ3v) is 7.61. The summed E-state index contributed by atoms with van der Waals surface area (Å²) in [5.74, 6) is 0.744. The van der Waals surface area contributed by atoms with Gasteiger partial charge in [0.2, 0.25) is 5.91 Å². The van der Waals surface area contributed by atoms with E-state index in [0.717, 1.165) is 53.2 Å². The van der Waals surface area contributed by atoms with Crippen molar-refractivity contribution in [2.75, 3.05) is 25.1 Å². The number of nitrogens with one attached hydrogen (secondary N) is 1. The first-order valence-electron chi connectivity index (χ1n) is 12.1. The van der Waals surface area contributed by atoms with Crippen molar-refractivity contribution in [3.63, 3.8) is 0 Å². The van der Waals surface area contributed by atoms with Crippen LogP contribution in [0.2, 0.25) is 0 Å². The molecule has 1 N–H and O–H groups in total. The number of hydrogen-bond donors (Lipinski definition) is 1. The molecule has 2 aliphatic carbocycles. The molecule has 0 radical (unpaired) electrons. The molecule has 174 valence electrons. The molecule has 2 amide bonds. The second kappa shape index (κ2) is 8.49.